The Bertz CT molecular complexity index is 692. The van der Waals surface area contributed by atoms with Gasteiger partial charge in [-0.05, 0) is 25.7 Å². The Morgan fingerprint density at radius 3 is 2.76 bits per heavy atom. The third-order valence-corrected chi connectivity index (χ3v) is 7.21. The van der Waals surface area contributed by atoms with Gasteiger partial charge in [-0.15, -0.1) is 11.3 Å². The Balaban J connectivity index is 1.54. The van der Waals surface area contributed by atoms with Gasteiger partial charge in [0.1, 0.15) is 5.54 Å². The Morgan fingerprint density at radius 1 is 1.24 bits per heavy atom. The van der Waals surface area contributed by atoms with Crippen molar-refractivity contribution >= 4 is 22.4 Å². The van der Waals surface area contributed by atoms with Crippen LogP contribution < -0.4 is 4.90 Å². The molecular formula is C18H25N5OS. The molecule has 0 bridgehead atoms. The van der Waals surface area contributed by atoms with Gasteiger partial charge in [0.05, 0.1) is 6.54 Å². The van der Waals surface area contributed by atoms with Crippen molar-refractivity contribution in [2.45, 2.75) is 50.5 Å². The Kier molecular flexibility index (Phi) is 4.42. The second-order valence-corrected chi connectivity index (χ2v) is 8.66. The van der Waals surface area contributed by atoms with E-state index in [1.54, 1.807) is 16.2 Å². The number of aromatic nitrogens is 1. The number of hydrogen-bond acceptors (Lipinski definition) is 6. The number of anilines is 1. The minimum atomic E-state index is -0.622. The number of rotatable bonds is 2. The zero-order valence-corrected chi connectivity index (χ0v) is 15.6. The molecule has 4 rings (SSSR count). The molecule has 0 radical (unpaired) electrons. The first kappa shape index (κ1) is 16.8. The van der Waals surface area contributed by atoms with E-state index < -0.39 is 5.54 Å². The molecule has 1 aromatic heterocycles. The predicted octanol–water partition coefficient (Wildman–Crippen LogP) is 2.39. The fourth-order valence-corrected chi connectivity index (χ4v) is 5.57. The van der Waals surface area contributed by atoms with Crippen molar-refractivity contribution in [2.75, 3.05) is 37.6 Å². The van der Waals surface area contributed by atoms with Crippen LogP contribution in [0.5, 0.6) is 0 Å². The highest BCUT2D eigenvalue weighted by Gasteiger charge is 2.49. The van der Waals surface area contributed by atoms with Crippen LogP contribution in [0, 0.1) is 11.5 Å². The van der Waals surface area contributed by atoms with Gasteiger partial charge in [-0.1, -0.05) is 19.3 Å². The monoisotopic (exact) mass is 359 g/mol. The third-order valence-electron chi connectivity index (χ3n) is 6.03. The zero-order chi connectivity index (χ0) is 17.4. The summed E-state index contributed by atoms with van der Waals surface area (Å²) in [6.07, 6.45) is 10.6. The summed E-state index contributed by atoms with van der Waals surface area (Å²) in [5, 5.41) is 10.1. The van der Waals surface area contributed by atoms with Crippen LogP contribution in [0.25, 0.3) is 0 Å². The average molecular weight is 359 g/mol. The highest BCUT2D eigenvalue weighted by molar-refractivity contribution is 7.15. The molecule has 1 aromatic rings. The van der Waals surface area contributed by atoms with Crippen molar-refractivity contribution in [3.05, 3.63) is 11.1 Å². The van der Waals surface area contributed by atoms with Crippen molar-refractivity contribution in [3.63, 3.8) is 0 Å². The van der Waals surface area contributed by atoms with Crippen LogP contribution in [0.4, 0.5) is 5.13 Å². The van der Waals surface area contributed by atoms with E-state index in [9.17, 15) is 10.1 Å². The number of piperazine rings is 2. The minimum Gasteiger partial charge on any atom is -0.307 e. The van der Waals surface area contributed by atoms with E-state index in [2.05, 4.69) is 16.1 Å². The van der Waals surface area contributed by atoms with Gasteiger partial charge < -0.3 is 4.90 Å². The molecule has 2 saturated heterocycles. The Morgan fingerprint density at radius 2 is 2.00 bits per heavy atom. The van der Waals surface area contributed by atoms with Gasteiger partial charge in [0.15, 0.2) is 11.3 Å². The first-order valence-electron chi connectivity index (χ1n) is 9.29. The molecule has 2 aliphatic heterocycles. The van der Waals surface area contributed by atoms with E-state index >= 15 is 0 Å². The van der Waals surface area contributed by atoms with Crippen LogP contribution in [-0.4, -0.2) is 59.0 Å². The van der Waals surface area contributed by atoms with E-state index in [-0.39, 0.29) is 5.91 Å². The molecule has 7 heteroatoms. The summed E-state index contributed by atoms with van der Waals surface area (Å²) in [7, 11) is 0. The largest absolute Gasteiger partial charge is 0.307 e. The molecule has 1 atom stereocenters. The van der Waals surface area contributed by atoms with Crippen LogP contribution >= 0.6 is 11.3 Å². The second-order valence-electron chi connectivity index (χ2n) is 7.62. The summed E-state index contributed by atoms with van der Waals surface area (Å²) in [4.78, 5) is 25.0. The summed E-state index contributed by atoms with van der Waals surface area (Å²) in [6, 6.07) is 0. The fraction of sp³-hybridized carbons (Fsp3) is 0.722. The maximum atomic E-state index is 13.2. The lowest BCUT2D eigenvalue weighted by Gasteiger charge is -2.51. The lowest BCUT2D eigenvalue weighted by molar-refractivity contribution is -0.136. The standard InChI is InChI=1S/C18H25N5OS/c1-18-12-21(13-19)7-8-22(18)9-10-23(16(18)24)17-20-11-15(25-17)14-5-3-2-4-6-14/h11,14H,2-10,12H2,1H3. The number of amides is 1. The van der Waals surface area contributed by atoms with E-state index in [0.717, 1.165) is 18.2 Å². The van der Waals surface area contributed by atoms with Crippen LogP contribution in [0.3, 0.4) is 0 Å². The van der Waals surface area contributed by atoms with Gasteiger partial charge in [0.2, 0.25) is 0 Å². The molecule has 134 valence electrons. The lowest BCUT2D eigenvalue weighted by Crippen LogP contribution is -2.71. The smallest absolute Gasteiger partial charge is 0.250 e. The van der Waals surface area contributed by atoms with Gasteiger partial charge in [0.25, 0.3) is 5.91 Å². The summed E-state index contributed by atoms with van der Waals surface area (Å²) < 4.78 is 0. The number of nitrogens with zero attached hydrogens (tertiary/aromatic N) is 5. The van der Waals surface area contributed by atoms with Crippen LogP contribution in [0.15, 0.2) is 6.20 Å². The predicted molar refractivity (Wildman–Crippen MR) is 97.5 cm³/mol. The van der Waals surface area contributed by atoms with E-state index in [4.69, 9.17) is 0 Å². The number of carbonyl (C=O) groups is 1. The maximum Gasteiger partial charge on any atom is 0.250 e. The molecule has 25 heavy (non-hydrogen) atoms. The molecular weight excluding hydrogens is 334 g/mol. The molecule has 1 amide bonds. The van der Waals surface area contributed by atoms with Crippen LogP contribution in [0.2, 0.25) is 0 Å². The highest BCUT2D eigenvalue weighted by atomic mass is 32.1. The quantitative estimate of drug-likeness (QED) is 0.759. The van der Waals surface area contributed by atoms with Crippen molar-refractivity contribution in [1.29, 1.82) is 5.26 Å². The summed E-state index contributed by atoms with van der Waals surface area (Å²) >= 11 is 1.69. The number of nitriles is 1. The normalized spacial score (nSPS) is 28.7. The molecule has 3 fully saturated rings. The minimum absolute atomic E-state index is 0.0863. The summed E-state index contributed by atoms with van der Waals surface area (Å²) in [5.41, 5.74) is -0.622. The molecule has 0 spiro atoms. The number of thiazole rings is 1. The van der Waals surface area contributed by atoms with Crippen molar-refractivity contribution in [3.8, 4) is 6.19 Å². The fourth-order valence-electron chi connectivity index (χ4n) is 4.46. The lowest BCUT2D eigenvalue weighted by atomic mass is 9.89. The number of fused-ring (bicyclic) bond motifs is 1. The molecule has 0 aromatic carbocycles. The molecule has 1 saturated carbocycles. The zero-order valence-electron chi connectivity index (χ0n) is 14.8. The number of hydrogen-bond donors (Lipinski definition) is 0. The van der Waals surface area contributed by atoms with Gasteiger partial charge in [-0.25, -0.2) is 4.98 Å². The average Bonchev–Trinajstić information content (AvgIpc) is 3.13. The van der Waals surface area contributed by atoms with Crippen LogP contribution in [-0.2, 0) is 4.79 Å². The first-order valence-corrected chi connectivity index (χ1v) is 10.1. The van der Waals surface area contributed by atoms with E-state index in [1.807, 2.05) is 18.0 Å². The second kappa shape index (κ2) is 6.58. The van der Waals surface area contributed by atoms with Gasteiger partial charge in [-0.3, -0.25) is 14.6 Å². The van der Waals surface area contributed by atoms with Crippen molar-refractivity contribution < 1.29 is 4.79 Å². The van der Waals surface area contributed by atoms with E-state index in [0.29, 0.717) is 25.6 Å². The SMILES string of the molecule is CC12CN(C#N)CCN1CCN(c1ncc(C3CCCCC3)s1)C2=O. The van der Waals surface area contributed by atoms with E-state index in [1.165, 1.54) is 37.0 Å². The van der Waals surface area contributed by atoms with Crippen molar-refractivity contribution in [1.82, 2.24) is 14.8 Å². The van der Waals surface area contributed by atoms with Crippen molar-refractivity contribution in [2.24, 2.45) is 0 Å². The summed E-state index contributed by atoms with van der Waals surface area (Å²) in [5.74, 6) is 0.707. The van der Waals surface area contributed by atoms with Crippen LogP contribution in [0.1, 0.15) is 49.8 Å². The highest BCUT2D eigenvalue weighted by Crippen LogP contribution is 2.39. The maximum absolute atomic E-state index is 13.2. The molecule has 0 N–H and O–H groups in total. The topological polar surface area (TPSA) is 63.5 Å². The molecule has 3 aliphatic rings. The molecule has 3 heterocycles. The third kappa shape index (κ3) is 2.91. The molecule has 1 unspecified atom stereocenters. The number of carbonyl (C=O) groups excluding carboxylic acids is 1. The molecule has 6 nitrogen and oxygen atoms in total. The Labute approximate surface area is 153 Å². The van der Waals surface area contributed by atoms with Gasteiger partial charge >= 0.3 is 0 Å². The Hall–Kier alpha value is -1.65. The van der Waals surface area contributed by atoms with Gasteiger partial charge in [0, 0.05) is 37.3 Å². The first-order chi connectivity index (χ1) is 12.1. The molecule has 1 aliphatic carbocycles. The van der Waals surface area contributed by atoms with Gasteiger partial charge in [-0.2, -0.15) is 5.26 Å². The summed E-state index contributed by atoms with van der Waals surface area (Å²) in [6.45, 7) is 5.47.